The molecule has 6 nitrogen and oxygen atoms in total. The molecule has 158 valence electrons. The van der Waals surface area contributed by atoms with Crippen molar-refractivity contribution in [2.75, 3.05) is 0 Å². The number of hydrogen-bond acceptors (Lipinski definition) is 4. The van der Waals surface area contributed by atoms with Crippen LogP contribution in [0.2, 0.25) is 0 Å². The highest BCUT2D eigenvalue weighted by atomic mass is 16.4. The van der Waals surface area contributed by atoms with Gasteiger partial charge in [-0.15, -0.1) is 0 Å². The Morgan fingerprint density at radius 2 is 1.45 bits per heavy atom. The number of aromatic carboxylic acids is 2. The zero-order valence-corrected chi connectivity index (χ0v) is 17.6. The quantitative estimate of drug-likeness (QED) is 0.569. The molecule has 2 N–H and O–H groups in total. The minimum absolute atomic E-state index is 0.106. The molecule has 6 heteroatoms. The molecule has 0 aromatic carbocycles. The number of carboxylic acids is 2. The van der Waals surface area contributed by atoms with Gasteiger partial charge in [0.2, 0.25) is 0 Å². The molecule has 0 atom stereocenters. The number of hydrogen-bond donors (Lipinski definition) is 2. The molecule has 0 saturated heterocycles. The number of aryl methyl sites for hydroxylation is 3. The van der Waals surface area contributed by atoms with E-state index in [0.29, 0.717) is 0 Å². The zero-order valence-electron chi connectivity index (χ0n) is 17.6. The molecule has 2 heterocycles. The maximum atomic E-state index is 11.0. The predicted molar refractivity (Wildman–Crippen MR) is 114 cm³/mol. The average molecular weight is 401 g/mol. The van der Waals surface area contributed by atoms with Crippen molar-refractivity contribution in [3.05, 3.63) is 58.7 Å². The van der Waals surface area contributed by atoms with E-state index in [0.717, 1.165) is 68.1 Å². The van der Waals surface area contributed by atoms with Crippen molar-refractivity contribution in [2.45, 2.75) is 72.1 Å². The van der Waals surface area contributed by atoms with Gasteiger partial charge < -0.3 is 10.2 Å². The third-order valence-corrected chi connectivity index (χ3v) is 4.43. The molecule has 0 saturated carbocycles. The van der Waals surface area contributed by atoms with E-state index in [1.165, 1.54) is 6.07 Å². The van der Waals surface area contributed by atoms with Crippen molar-refractivity contribution in [1.82, 2.24) is 9.97 Å². The van der Waals surface area contributed by atoms with Crippen LogP contribution in [0, 0.1) is 0 Å². The van der Waals surface area contributed by atoms with Gasteiger partial charge in [-0.25, -0.2) is 19.6 Å². The highest BCUT2D eigenvalue weighted by molar-refractivity contribution is 5.87. The van der Waals surface area contributed by atoms with E-state index < -0.39 is 11.9 Å². The number of carboxylic acid groups (broad SMARTS) is 2. The van der Waals surface area contributed by atoms with Gasteiger partial charge in [0.1, 0.15) is 5.69 Å². The third kappa shape index (κ3) is 8.85. The third-order valence-electron chi connectivity index (χ3n) is 4.43. The normalized spacial score (nSPS) is 10.2. The standard InChI is InChI=1S/C14H21NO2.C9H11NO2/c1-3-5-7-11-9-12(8-6-4-2)13(14(16)17)15-10-11;1-2-3-7-4-5-8(9(11)12)10-6-7/h9-10H,3-8H2,1-2H3,(H,16,17);4-6H,2-3H2,1H3,(H,11,12). The Morgan fingerprint density at radius 1 is 0.793 bits per heavy atom. The summed E-state index contributed by atoms with van der Waals surface area (Å²) in [5.41, 5.74) is 3.45. The maximum absolute atomic E-state index is 11.0. The fraction of sp³-hybridized carbons (Fsp3) is 0.478. The summed E-state index contributed by atoms with van der Waals surface area (Å²) in [5.74, 6) is -1.89. The number of pyridine rings is 2. The van der Waals surface area contributed by atoms with Crippen LogP contribution in [0.25, 0.3) is 0 Å². The first-order valence-electron chi connectivity index (χ1n) is 10.3. The van der Waals surface area contributed by atoms with Crippen molar-refractivity contribution in [1.29, 1.82) is 0 Å². The molecule has 0 aliphatic rings. The monoisotopic (exact) mass is 400 g/mol. The van der Waals surface area contributed by atoms with E-state index in [1.807, 2.05) is 6.07 Å². The van der Waals surface area contributed by atoms with E-state index in [1.54, 1.807) is 18.5 Å². The maximum Gasteiger partial charge on any atom is 0.354 e. The molecular weight excluding hydrogens is 368 g/mol. The van der Waals surface area contributed by atoms with Crippen LogP contribution >= 0.6 is 0 Å². The molecule has 0 amide bonds. The topological polar surface area (TPSA) is 100 Å². The van der Waals surface area contributed by atoms with Crippen LogP contribution < -0.4 is 0 Å². The molecule has 2 aromatic rings. The summed E-state index contributed by atoms with van der Waals surface area (Å²) in [7, 11) is 0. The van der Waals surface area contributed by atoms with Crippen molar-refractivity contribution in [3.63, 3.8) is 0 Å². The summed E-state index contributed by atoms with van der Waals surface area (Å²) in [5, 5.41) is 17.6. The fourth-order valence-electron chi connectivity index (χ4n) is 2.82. The van der Waals surface area contributed by atoms with Crippen molar-refractivity contribution in [3.8, 4) is 0 Å². The lowest BCUT2D eigenvalue weighted by molar-refractivity contribution is 0.0679. The second-order valence-electron chi connectivity index (χ2n) is 6.97. The largest absolute Gasteiger partial charge is 0.477 e. The van der Waals surface area contributed by atoms with Gasteiger partial charge in [-0.1, -0.05) is 52.2 Å². The van der Waals surface area contributed by atoms with Crippen LogP contribution in [-0.2, 0) is 19.3 Å². The molecule has 0 bridgehead atoms. The Morgan fingerprint density at radius 3 is 1.97 bits per heavy atom. The summed E-state index contributed by atoms with van der Waals surface area (Å²) in [6.07, 6.45) is 11.5. The lowest BCUT2D eigenvalue weighted by Crippen LogP contribution is -2.07. The van der Waals surface area contributed by atoms with Gasteiger partial charge in [-0.2, -0.15) is 0 Å². The SMILES string of the molecule is CCCCc1cnc(C(=O)O)c(CCCC)c1.CCCc1ccc(C(=O)O)nc1. The molecule has 0 aliphatic carbocycles. The van der Waals surface area contributed by atoms with Crippen LogP contribution in [0.1, 0.15) is 90.5 Å². The van der Waals surface area contributed by atoms with E-state index in [9.17, 15) is 9.59 Å². The molecule has 0 aliphatic heterocycles. The van der Waals surface area contributed by atoms with Gasteiger partial charge in [-0.05, 0) is 54.9 Å². The molecule has 0 fully saturated rings. The Labute approximate surface area is 173 Å². The lowest BCUT2D eigenvalue weighted by atomic mass is 10.0. The molecule has 0 radical (unpaired) electrons. The van der Waals surface area contributed by atoms with Crippen molar-refractivity contribution < 1.29 is 19.8 Å². The van der Waals surface area contributed by atoms with E-state index in [4.69, 9.17) is 10.2 Å². The second-order valence-corrected chi connectivity index (χ2v) is 6.97. The first-order chi connectivity index (χ1) is 13.9. The number of rotatable bonds is 10. The minimum atomic E-state index is -0.974. The van der Waals surface area contributed by atoms with E-state index >= 15 is 0 Å². The minimum Gasteiger partial charge on any atom is -0.477 e. The Kier molecular flexibility index (Phi) is 11.2. The molecular formula is C23H32N2O4. The van der Waals surface area contributed by atoms with E-state index in [2.05, 4.69) is 30.7 Å². The smallest absolute Gasteiger partial charge is 0.354 e. The predicted octanol–water partition coefficient (Wildman–Crippen LogP) is 5.20. The van der Waals surface area contributed by atoms with Gasteiger partial charge in [-0.3, -0.25) is 0 Å². The average Bonchev–Trinajstić information content (AvgIpc) is 2.71. The van der Waals surface area contributed by atoms with Crippen LogP contribution in [0.4, 0.5) is 0 Å². The highest BCUT2D eigenvalue weighted by Crippen LogP contribution is 2.14. The van der Waals surface area contributed by atoms with Gasteiger partial charge in [0, 0.05) is 12.4 Å². The summed E-state index contributed by atoms with van der Waals surface area (Å²) < 4.78 is 0. The lowest BCUT2D eigenvalue weighted by Gasteiger charge is -2.07. The number of unbranched alkanes of at least 4 members (excludes halogenated alkanes) is 2. The van der Waals surface area contributed by atoms with Crippen LogP contribution in [0.15, 0.2) is 30.6 Å². The summed E-state index contributed by atoms with van der Waals surface area (Å²) >= 11 is 0. The van der Waals surface area contributed by atoms with Crippen LogP contribution in [-0.4, -0.2) is 32.1 Å². The second kappa shape index (κ2) is 13.4. The van der Waals surface area contributed by atoms with Crippen LogP contribution in [0.3, 0.4) is 0 Å². The van der Waals surface area contributed by atoms with Crippen LogP contribution in [0.5, 0.6) is 0 Å². The number of aromatic nitrogens is 2. The Balaban J connectivity index is 0.000000308. The fourth-order valence-corrected chi connectivity index (χ4v) is 2.82. The number of nitrogens with zero attached hydrogens (tertiary/aromatic N) is 2. The van der Waals surface area contributed by atoms with E-state index in [-0.39, 0.29) is 11.4 Å². The Hall–Kier alpha value is -2.76. The summed E-state index contributed by atoms with van der Waals surface area (Å²) in [6.45, 7) is 6.33. The van der Waals surface area contributed by atoms with Gasteiger partial charge in [0.25, 0.3) is 0 Å². The molecule has 29 heavy (non-hydrogen) atoms. The van der Waals surface area contributed by atoms with Gasteiger partial charge in [0.05, 0.1) is 0 Å². The first-order valence-corrected chi connectivity index (χ1v) is 10.3. The zero-order chi connectivity index (χ0) is 21.6. The molecule has 2 rings (SSSR count). The molecule has 0 spiro atoms. The Bertz CT molecular complexity index is 773. The molecule has 2 aromatic heterocycles. The van der Waals surface area contributed by atoms with Crippen molar-refractivity contribution >= 4 is 11.9 Å². The van der Waals surface area contributed by atoms with Gasteiger partial charge in [0.15, 0.2) is 5.69 Å². The van der Waals surface area contributed by atoms with Gasteiger partial charge >= 0.3 is 11.9 Å². The highest BCUT2D eigenvalue weighted by Gasteiger charge is 2.12. The molecule has 0 unspecified atom stereocenters. The van der Waals surface area contributed by atoms with Crippen molar-refractivity contribution in [2.24, 2.45) is 0 Å². The summed E-state index contributed by atoms with van der Waals surface area (Å²) in [4.78, 5) is 29.3. The summed E-state index contributed by atoms with van der Waals surface area (Å²) in [6, 6.07) is 5.36. The first kappa shape index (κ1) is 24.3. The number of carbonyl (C=O) groups is 2.